The van der Waals surface area contributed by atoms with Gasteiger partial charge in [-0.2, -0.15) is 0 Å². The summed E-state index contributed by atoms with van der Waals surface area (Å²) < 4.78 is 5.75. The number of ether oxygens (including phenoxy) is 1. The van der Waals surface area contributed by atoms with E-state index >= 15 is 0 Å². The van der Waals surface area contributed by atoms with Gasteiger partial charge in [0.15, 0.2) is 0 Å². The van der Waals surface area contributed by atoms with E-state index in [1.165, 1.54) is 4.90 Å². The fourth-order valence-corrected chi connectivity index (χ4v) is 5.51. The number of nitrogens with one attached hydrogen (secondary N) is 1. The third-order valence-electron chi connectivity index (χ3n) is 6.60. The van der Waals surface area contributed by atoms with Crippen LogP contribution >= 0.6 is 23.2 Å². The second-order valence-corrected chi connectivity index (χ2v) is 10.5. The SMILES string of the molecule is CCN1C(=O)N[C@@H](c2ccc(Cl)cc2Cl)C2=C1CN(CC(=O)N(CC(C)C)C[C@@H]1CCCO1)C2=O. The van der Waals surface area contributed by atoms with Crippen LogP contribution in [0.5, 0.6) is 0 Å². The number of urea groups is 1. The van der Waals surface area contributed by atoms with E-state index in [2.05, 4.69) is 19.2 Å². The summed E-state index contributed by atoms with van der Waals surface area (Å²) in [6, 6.07) is 3.97. The molecular formula is C25H32Cl2N4O4. The lowest BCUT2D eigenvalue weighted by atomic mass is 9.95. The van der Waals surface area contributed by atoms with Gasteiger partial charge in [0.1, 0.15) is 6.54 Å². The van der Waals surface area contributed by atoms with Crippen molar-refractivity contribution in [2.75, 3.05) is 39.3 Å². The van der Waals surface area contributed by atoms with Gasteiger partial charge in [0.25, 0.3) is 5.91 Å². The van der Waals surface area contributed by atoms with Gasteiger partial charge >= 0.3 is 6.03 Å². The molecule has 0 spiro atoms. The van der Waals surface area contributed by atoms with Crippen LogP contribution in [0.15, 0.2) is 29.5 Å². The van der Waals surface area contributed by atoms with Crippen LogP contribution in [-0.4, -0.2) is 78.0 Å². The maximum atomic E-state index is 13.6. The van der Waals surface area contributed by atoms with Crippen LogP contribution in [0.4, 0.5) is 4.79 Å². The molecule has 2 atom stereocenters. The highest BCUT2D eigenvalue weighted by Gasteiger charge is 2.44. The first kappa shape index (κ1) is 25.8. The molecule has 1 N–H and O–H groups in total. The molecule has 1 saturated heterocycles. The van der Waals surface area contributed by atoms with E-state index in [0.29, 0.717) is 46.5 Å². The number of carbonyl (C=O) groups is 3. The van der Waals surface area contributed by atoms with E-state index in [1.807, 2.05) is 6.92 Å². The molecule has 0 aromatic heterocycles. The number of likely N-dealkylation sites (N-methyl/N-ethyl adjacent to an activating group) is 1. The third-order valence-corrected chi connectivity index (χ3v) is 7.16. The van der Waals surface area contributed by atoms with Gasteiger partial charge in [0.05, 0.1) is 30.0 Å². The second kappa shape index (κ2) is 10.8. The summed E-state index contributed by atoms with van der Waals surface area (Å²) in [7, 11) is 0. The van der Waals surface area contributed by atoms with Gasteiger partial charge in [-0.1, -0.05) is 43.1 Å². The molecule has 3 aliphatic heterocycles. The van der Waals surface area contributed by atoms with Crippen molar-refractivity contribution < 1.29 is 19.1 Å². The molecule has 3 aliphatic rings. The smallest absolute Gasteiger partial charge is 0.322 e. The van der Waals surface area contributed by atoms with E-state index in [4.69, 9.17) is 27.9 Å². The zero-order valence-corrected chi connectivity index (χ0v) is 21.9. The van der Waals surface area contributed by atoms with E-state index < -0.39 is 6.04 Å². The van der Waals surface area contributed by atoms with Crippen molar-refractivity contribution >= 4 is 41.0 Å². The Balaban J connectivity index is 1.57. The summed E-state index contributed by atoms with van der Waals surface area (Å²) in [4.78, 5) is 44.7. The lowest BCUT2D eigenvalue weighted by molar-refractivity contribution is -0.139. The number of hydrogen-bond acceptors (Lipinski definition) is 4. The maximum Gasteiger partial charge on any atom is 0.322 e. The highest BCUT2D eigenvalue weighted by molar-refractivity contribution is 6.35. The van der Waals surface area contributed by atoms with Gasteiger partial charge in [-0.3, -0.25) is 14.5 Å². The first-order chi connectivity index (χ1) is 16.7. The topological polar surface area (TPSA) is 82.2 Å². The molecule has 1 fully saturated rings. The van der Waals surface area contributed by atoms with Crippen LogP contribution in [0.3, 0.4) is 0 Å². The van der Waals surface area contributed by atoms with Gasteiger partial charge in [-0.15, -0.1) is 0 Å². The average molecular weight is 523 g/mol. The van der Waals surface area contributed by atoms with Crippen LogP contribution in [0.1, 0.15) is 45.2 Å². The Labute approximate surface area is 216 Å². The predicted octanol–water partition coefficient (Wildman–Crippen LogP) is 3.84. The maximum absolute atomic E-state index is 13.6. The van der Waals surface area contributed by atoms with Gasteiger partial charge in [0, 0.05) is 36.3 Å². The normalized spacial score (nSPS) is 22.2. The minimum absolute atomic E-state index is 0.0344. The molecule has 1 aromatic rings. The first-order valence-corrected chi connectivity index (χ1v) is 12.9. The summed E-state index contributed by atoms with van der Waals surface area (Å²) in [6.45, 7) is 8.36. The Hall–Kier alpha value is -2.29. The Morgan fingerprint density at radius 2 is 2.06 bits per heavy atom. The second-order valence-electron chi connectivity index (χ2n) is 9.64. The summed E-state index contributed by atoms with van der Waals surface area (Å²) >= 11 is 12.5. The zero-order valence-electron chi connectivity index (χ0n) is 20.4. The van der Waals surface area contributed by atoms with Crippen LogP contribution in [0, 0.1) is 5.92 Å². The van der Waals surface area contributed by atoms with Crippen molar-refractivity contribution in [1.82, 2.24) is 20.0 Å². The minimum atomic E-state index is -0.712. The largest absolute Gasteiger partial charge is 0.376 e. The van der Waals surface area contributed by atoms with Crippen molar-refractivity contribution in [1.29, 1.82) is 0 Å². The molecule has 3 heterocycles. The Morgan fingerprint density at radius 3 is 2.69 bits per heavy atom. The van der Waals surface area contributed by atoms with Crippen molar-refractivity contribution in [2.45, 2.75) is 45.8 Å². The van der Waals surface area contributed by atoms with Crippen molar-refractivity contribution in [3.63, 3.8) is 0 Å². The lowest BCUT2D eigenvalue weighted by Crippen LogP contribution is -2.47. The standard InChI is InChI=1S/C25H32Cl2N4O4/c1-4-31-20-13-30(14-21(32)29(11-15(2)3)12-17-6-5-9-35-17)24(33)22(20)23(28-25(31)34)18-8-7-16(26)10-19(18)27/h7-8,10,15,17,23H,4-6,9,11-14H2,1-3H3,(H,28,34)/t17-,23-/m0/s1. The first-order valence-electron chi connectivity index (χ1n) is 12.1. The Kier molecular flexibility index (Phi) is 7.93. The molecule has 35 heavy (non-hydrogen) atoms. The van der Waals surface area contributed by atoms with E-state index in [1.54, 1.807) is 28.0 Å². The molecule has 0 radical (unpaired) electrons. The fourth-order valence-electron chi connectivity index (χ4n) is 5.00. The fraction of sp³-hybridized carbons (Fsp3) is 0.560. The molecular weight excluding hydrogens is 491 g/mol. The average Bonchev–Trinajstić information content (AvgIpc) is 3.41. The van der Waals surface area contributed by atoms with Crippen molar-refractivity contribution in [2.24, 2.45) is 5.92 Å². The van der Waals surface area contributed by atoms with Gasteiger partial charge in [-0.25, -0.2) is 4.79 Å². The van der Waals surface area contributed by atoms with Crippen LogP contribution in [0.2, 0.25) is 10.0 Å². The molecule has 0 unspecified atom stereocenters. The Bertz CT molecular complexity index is 1040. The summed E-state index contributed by atoms with van der Waals surface area (Å²) in [5, 5.41) is 3.74. The van der Waals surface area contributed by atoms with Crippen LogP contribution < -0.4 is 5.32 Å². The molecule has 0 aliphatic carbocycles. The van der Waals surface area contributed by atoms with Gasteiger partial charge in [-0.05, 0) is 43.4 Å². The molecule has 0 saturated carbocycles. The van der Waals surface area contributed by atoms with Crippen LogP contribution in [0.25, 0.3) is 0 Å². The van der Waals surface area contributed by atoms with Gasteiger partial charge in [0.2, 0.25) is 5.91 Å². The monoisotopic (exact) mass is 522 g/mol. The number of halogens is 2. The van der Waals surface area contributed by atoms with Crippen molar-refractivity contribution in [3.8, 4) is 0 Å². The summed E-state index contributed by atoms with van der Waals surface area (Å²) in [5.41, 5.74) is 1.65. The van der Waals surface area contributed by atoms with Gasteiger partial charge < -0.3 is 19.9 Å². The number of nitrogens with zero attached hydrogens (tertiary/aromatic N) is 3. The minimum Gasteiger partial charge on any atom is -0.376 e. The number of benzene rings is 1. The van der Waals surface area contributed by atoms with Crippen LogP contribution in [-0.2, 0) is 14.3 Å². The molecule has 4 amide bonds. The zero-order chi connectivity index (χ0) is 25.3. The third kappa shape index (κ3) is 5.44. The Morgan fingerprint density at radius 1 is 1.29 bits per heavy atom. The number of carbonyl (C=O) groups excluding carboxylic acids is 3. The predicted molar refractivity (Wildman–Crippen MR) is 134 cm³/mol. The molecule has 190 valence electrons. The molecule has 8 nitrogen and oxygen atoms in total. The summed E-state index contributed by atoms with van der Waals surface area (Å²) in [5.74, 6) is -0.106. The highest BCUT2D eigenvalue weighted by atomic mass is 35.5. The molecule has 4 rings (SSSR count). The number of amides is 4. The van der Waals surface area contributed by atoms with E-state index in [0.717, 1.165) is 19.4 Å². The lowest BCUT2D eigenvalue weighted by Gasteiger charge is -2.33. The number of hydrogen-bond donors (Lipinski definition) is 1. The quantitative estimate of drug-likeness (QED) is 0.562. The van der Waals surface area contributed by atoms with Crippen molar-refractivity contribution in [3.05, 3.63) is 45.1 Å². The summed E-state index contributed by atoms with van der Waals surface area (Å²) in [6.07, 6.45) is 1.97. The molecule has 10 heteroatoms. The van der Waals surface area contributed by atoms with E-state index in [-0.39, 0.29) is 43.0 Å². The number of rotatable bonds is 8. The molecule has 1 aromatic carbocycles. The highest BCUT2D eigenvalue weighted by Crippen LogP contribution is 2.39. The van der Waals surface area contributed by atoms with E-state index in [9.17, 15) is 14.4 Å². The molecule has 0 bridgehead atoms.